The van der Waals surface area contributed by atoms with Crippen LogP contribution in [0.5, 0.6) is 0 Å². The molecular formula is C16H20N4O4. The van der Waals surface area contributed by atoms with Crippen molar-refractivity contribution in [1.29, 1.82) is 0 Å². The maximum atomic E-state index is 12.4. The summed E-state index contributed by atoms with van der Waals surface area (Å²) in [7, 11) is 1.51. The molecule has 0 atom stereocenters. The van der Waals surface area contributed by atoms with Crippen LogP contribution in [0.3, 0.4) is 0 Å². The molecule has 8 heteroatoms. The fourth-order valence-electron chi connectivity index (χ4n) is 2.74. The summed E-state index contributed by atoms with van der Waals surface area (Å²) < 4.78 is 10.2. The van der Waals surface area contributed by atoms with E-state index in [1.54, 1.807) is 11.1 Å². The maximum Gasteiger partial charge on any atom is 0.311 e. The Morgan fingerprint density at radius 3 is 2.75 bits per heavy atom. The zero-order valence-corrected chi connectivity index (χ0v) is 13.7. The zero-order chi connectivity index (χ0) is 17.2. The van der Waals surface area contributed by atoms with E-state index in [0.717, 1.165) is 5.56 Å². The Morgan fingerprint density at radius 1 is 1.38 bits per heavy atom. The highest BCUT2D eigenvalue weighted by Crippen LogP contribution is 2.32. The number of aliphatic hydroxyl groups is 1. The molecular weight excluding hydrogens is 312 g/mol. The number of carbonyl (C=O) groups excluding carboxylic acids is 1. The molecule has 1 saturated heterocycles. The van der Waals surface area contributed by atoms with Gasteiger partial charge in [-0.25, -0.2) is 0 Å². The quantitative estimate of drug-likeness (QED) is 0.892. The van der Waals surface area contributed by atoms with Gasteiger partial charge >= 0.3 is 11.8 Å². The molecule has 3 heterocycles. The lowest BCUT2D eigenvalue weighted by atomic mass is 9.87. The van der Waals surface area contributed by atoms with Crippen LogP contribution in [0.25, 0.3) is 0 Å². The molecule has 3 rings (SSSR count). The Kier molecular flexibility index (Phi) is 4.59. The molecule has 1 aliphatic heterocycles. The predicted molar refractivity (Wildman–Crippen MR) is 83.0 cm³/mol. The van der Waals surface area contributed by atoms with E-state index in [2.05, 4.69) is 15.2 Å². The van der Waals surface area contributed by atoms with Crippen LogP contribution in [-0.4, -0.2) is 51.3 Å². The van der Waals surface area contributed by atoms with E-state index < -0.39 is 5.60 Å². The number of methoxy groups -OCH3 is 1. The van der Waals surface area contributed by atoms with Gasteiger partial charge in [0.1, 0.15) is 12.2 Å². The zero-order valence-electron chi connectivity index (χ0n) is 13.7. The van der Waals surface area contributed by atoms with E-state index in [-0.39, 0.29) is 24.3 Å². The summed E-state index contributed by atoms with van der Waals surface area (Å²) in [6, 6.07) is 3.76. The van der Waals surface area contributed by atoms with Gasteiger partial charge in [-0.15, -0.1) is 10.2 Å². The van der Waals surface area contributed by atoms with Crippen LogP contribution in [0.4, 0.5) is 0 Å². The molecule has 24 heavy (non-hydrogen) atoms. The van der Waals surface area contributed by atoms with Crippen LogP contribution >= 0.6 is 0 Å². The summed E-state index contributed by atoms with van der Waals surface area (Å²) in [6.07, 6.45) is 2.56. The van der Waals surface area contributed by atoms with Crippen LogP contribution < -0.4 is 0 Å². The molecule has 0 saturated carbocycles. The minimum Gasteiger partial charge on any atom is -0.414 e. The molecule has 0 radical (unpaired) electrons. The van der Waals surface area contributed by atoms with Gasteiger partial charge in [-0.05, 0) is 31.4 Å². The second-order valence-electron chi connectivity index (χ2n) is 5.98. The number of nitrogens with zero attached hydrogens (tertiary/aromatic N) is 4. The molecule has 0 unspecified atom stereocenters. The lowest BCUT2D eigenvalue weighted by Gasteiger charge is -2.37. The molecule has 128 valence electrons. The summed E-state index contributed by atoms with van der Waals surface area (Å²) in [5.41, 5.74) is 0.666. The second-order valence-corrected chi connectivity index (χ2v) is 5.98. The van der Waals surface area contributed by atoms with Crippen LogP contribution in [0, 0.1) is 6.92 Å². The maximum absolute atomic E-state index is 12.4. The molecule has 8 nitrogen and oxygen atoms in total. The first-order chi connectivity index (χ1) is 11.5. The predicted octanol–water partition coefficient (Wildman–Crippen LogP) is 1.04. The van der Waals surface area contributed by atoms with E-state index in [1.807, 2.05) is 19.1 Å². The highest BCUT2D eigenvalue weighted by atomic mass is 16.5. The van der Waals surface area contributed by atoms with Crippen LogP contribution in [0.15, 0.2) is 22.7 Å². The topological polar surface area (TPSA) is 102 Å². The summed E-state index contributed by atoms with van der Waals surface area (Å²) in [5, 5.41) is 18.3. The van der Waals surface area contributed by atoms with Gasteiger partial charge in [0, 0.05) is 26.4 Å². The standard InChI is InChI=1S/C16H20N4O4/c1-11-3-4-12(17-9-11)16(22)5-7-20(8-6-16)15(21)14-19-18-13(24-14)10-23-2/h3-4,9,22H,5-8,10H2,1-2H3. The molecule has 1 aliphatic rings. The monoisotopic (exact) mass is 332 g/mol. The first-order valence-electron chi connectivity index (χ1n) is 7.78. The first-order valence-corrected chi connectivity index (χ1v) is 7.78. The Balaban J connectivity index is 1.65. The molecule has 1 fully saturated rings. The van der Waals surface area contributed by atoms with Gasteiger partial charge in [0.2, 0.25) is 5.89 Å². The number of hydrogen-bond acceptors (Lipinski definition) is 7. The number of aromatic nitrogens is 3. The molecule has 2 aromatic rings. The molecule has 1 N–H and O–H groups in total. The summed E-state index contributed by atoms with van der Waals surface area (Å²) in [5.74, 6) is -0.122. The van der Waals surface area contributed by atoms with Gasteiger partial charge in [0.05, 0.1) is 5.69 Å². The lowest BCUT2D eigenvalue weighted by Crippen LogP contribution is -2.45. The van der Waals surface area contributed by atoms with Crippen molar-refractivity contribution in [1.82, 2.24) is 20.1 Å². The minimum absolute atomic E-state index is 0.0547. The average Bonchev–Trinajstić information content (AvgIpc) is 3.04. The van der Waals surface area contributed by atoms with Crippen LogP contribution in [-0.2, 0) is 16.9 Å². The minimum atomic E-state index is -1.01. The molecule has 0 spiro atoms. The second kappa shape index (κ2) is 6.66. The summed E-state index contributed by atoms with van der Waals surface area (Å²) >= 11 is 0. The van der Waals surface area contributed by atoms with E-state index in [9.17, 15) is 9.90 Å². The van der Waals surface area contributed by atoms with E-state index in [1.165, 1.54) is 7.11 Å². The lowest BCUT2D eigenvalue weighted by molar-refractivity contribution is -0.0252. The normalized spacial score (nSPS) is 17.0. The van der Waals surface area contributed by atoms with Crippen molar-refractivity contribution < 1.29 is 19.1 Å². The van der Waals surface area contributed by atoms with Gasteiger partial charge in [0.25, 0.3) is 0 Å². The Bertz CT molecular complexity index is 705. The highest BCUT2D eigenvalue weighted by Gasteiger charge is 2.37. The number of likely N-dealkylation sites (tertiary alicyclic amines) is 1. The summed E-state index contributed by atoms with van der Waals surface area (Å²) in [4.78, 5) is 18.3. The van der Waals surface area contributed by atoms with Crippen molar-refractivity contribution in [2.24, 2.45) is 0 Å². The molecule has 0 bridgehead atoms. The Hall–Kier alpha value is -2.32. The summed E-state index contributed by atoms with van der Waals surface area (Å²) in [6.45, 7) is 2.91. The number of ether oxygens (including phenoxy) is 1. The fraction of sp³-hybridized carbons (Fsp3) is 0.500. The highest BCUT2D eigenvalue weighted by molar-refractivity contribution is 5.89. The van der Waals surface area contributed by atoms with Gasteiger partial charge in [-0.1, -0.05) is 6.07 Å². The molecule has 1 amide bonds. The number of hydrogen-bond donors (Lipinski definition) is 1. The molecule has 0 aliphatic carbocycles. The number of amides is 1. The first kappa shape index (κ1) is 16.5. The van der Waals surface area contributed by atoms with Crippen molar-refractivity contribution in [3.63, 3.8) is 0 Å². The van der Waals surface area contributed by atoms with Crippen molar-refractivity contribution in [3.05, 3.63) is 41.4 Å². The number of aryl methyl sites for hydroxylation is 1. The third-order valence-electron chi connectivity index (χ3n) is 4.18. The average molecular weight is 332 g/mol. The van der Waals surface area contributed by atoms with Crippen LogP contribution in [0.1, 0.15) is 40.7 Å². The third kappa shape index (κ3) is 3.29. The van der Waals surface area contributed by atoms with Crippen LogP contribution in [0.2, 0.25) is 0 Å². The van der Waals surface area contributed by atoms with Gasteiger partial charge < -0.3 is 19.2 Å². The largest absolute Gasteiger partial charge is 0.414 e. The van der Waals surface area contributed by atoms with Gasteiger partial charge in [-0.2, -0.15) is 0 Å². The molecule has 2 aromatic heterocycles. The number of piperidine rings is 1. The van der Waals surface area contributed by atoms with E-state index in [4.69, 9.17) is 9.15 Å². The Labute approximate surface area is 139 Å². The number of rotatable bonds is 4. The van der Waals surface area contributed by atoms with Gasteiger partial charge in [0.15, 0.2) is 0 Å². The van der Waals surface area contributed by atoms with Crippen molar-refractivity contribution in [2.75, 3.05) is 20.2 Å². The van der Waals surface area contributed by atoms with E-state index >= 15 is 0 Å². The number of carbonyl (C=O) groups is 1. The molecule has 0 aromatic carbocycles. The van der Waals surface area contributed by atoms with Gasteiger partial charge in [-0.3, -0.25) is 9.78 Å². The number of pyridine rings is 1. The van der Waals surface area contributed by atoms with Crippen molar-refractivity contribution in [2.45, 2.75) is 32.0 Å². The SMILES string of the molecule is COCc1nnc(C(=O)N2CCC(O)(c3ccc(C)cn3)CC2)o1. The van der Waals surface area contributed by atoms with Crippen molar-refractivity contribution >= 4 is 5.91 Å². The third-order valence-corrected chi connectivity index (χ3v) is 4.18. The van der Waals surface area contributed by atoms with Crippen molar-refractivity contribution in [3.8, 4) is 0 Å². The smallest absolute Gasteiger partial charge is 0.311 e. The fourth-order valence-corrected chi connectivity index (χ4v) is 2.74. The van der Waals surface area contributed by atoms with E-state index in [0.29, 0.717) is 31.6 Å². The Morgan fingerprint density at radius 2 is 2.12 bits per heavy atom.